The van der Waals surface area contributed by atoms with E-state index in [1.54, 1.807) is 0 Å². The lowest BCUT2D eigenvalue weighted by Gasteiger charge is -2.14. The normalized spacial score (nSPS) is 17.1. The number of alkyl halides is 2. The summed E-state index contributed by atoms with van der Waals surface area (Å²) in [6, 6.07) is 3.53. The quantitative estimate of drug-likeness (QED) is 0.751. The van der Waals surface area contributed by atoms with Crippen LogP contribution in [-0.2, 0) is 15.5 Å². The lowest BCUT2D eigenvalue weighted by Crippen LogP contribution is -2.37. The average molecular weight is 242 g/mol. The Labute approximate surface area is 94.4 Å². The van der Waals surface area contributed by atoms with E-state index in [1.165, 1.54) is 12.1 Å². The Bertz CT molecular complexity index is 516. The number of carbonyl (C=O) groups excluding carboxylic acids is 1. The summed E-state index contributed by atoms with van der Waals surface area (Å²) in [5.41, 5.74) is 4.79. The van der Waals surface area contributed by atoms with Crippen LogP contribution in [0.5, 0.6) is 0 Å². The summed E-state index contributed by atoms with van der Waals surface area (Å²) >= 11 is 0. The summed E-state index contributed by atoms with van der Waals surface area (Å²) in [5, 5.41) is 8.58. The van der Waals surface area contributed by atoms with Crippen LogP contribution in [0.2, 0.25) is 0 Å². The van der Waals surface area contributed by atoms with Crippen molar-refractivity contribution in [2.75, 3.05) is 17.2 Å². The first-order valence-corrected chi connectivity index (χ1v) is 4.65. The van der Waals surface area contributed by atoms with E-state index in [4.69, 9.17) is 10.8 Å². The Hall–Kier alpha value is -2.18. The van der Waals surface area contributed by atoms with Crippen molar-refractivity contribution in [2.24, 2.45) is 0 Å². The number of halogens is 2. The molecule has 5 nitrogen and oxygen atoms in total. The largest absolute Gasteiger partial charge is 0.480 e. The number of hydrogen-bond donors (Lipinski definition) is 2. The number of aliphatic carboxylic acids is 1. The van der Waals surface area contributed by atoms with E-state index in [-0.39, 0.29) is 11.4 Å². The van der Waals surface area contributed by atoms with E-state index in [2.05, 4.69) is 0 Å². The predicted octanol–water partition coefficient (Wildman–Crippen LogP) is 0.792. The van der Waals surface area contributed by atoms with Gasteiger partial charge in [-0.1, -0.05) is 0 Å². The van der Waals surface area contributed by atoms with E-state index in [0.717, 1.165) is 6.07 Å². The van der Waals surface area contributed by atoms with Gasteiger partial charge in [-0.2, -0.15) is 8.78 Å². The monoisotopic (exact) mass is 242 g/mol. The number of nitrogen functional groups attached to an aromatic ring is 1. The van der Waals surface area contributed by atoms with E-state index < -0.39 is 29.9 Å². The molecule has 1 aromatic carbocycles. The van der Waals surface area contributed by atoms with Crippen LogP contribution in [0.25, 0.3) is 0 Å². The number of carboxylic acid groups (broad SMARTS) is 1. The number of carbonyl (C=O) groups is 2. The van der Waals surface area contributed by atoms with E-state index in [9.17, 15) is 18.4 Å². The second-order valence-electron chi connectivity index (χ2n) is 3.64. The minimum absolute atomic E-state index is 0.0911. The van der Waals surface area contributed by atoms with Crippen LogP contribution >= 0.6 is 0 Å². The number of amides is 1. The minimum Gasteiger partial charge on any atom is -0.480 e. The molecule has 0 bridgehead atoms. The summed E-state index contributed by atoms with van der Waals surface area (Å²) in [6.45, 7) is -0.800. The maximum Gasteiger partial charge on any atom is 0.352 e. The molecule has 0 radical (unpaired) electrons. The number of benzene rings is 1. The van der Waals surface area contributed by atoms with Gasteiger partial charge in [0.2, 0.25) is 0 Å². The van der Waals surface area contributed by atoms with Gasteiger partial charge in [0.15, 0.2) is 0 Å². The zero-order valence-corrected chi connectivity index (χ0v) is 8.48. The highest BCUT2D eigenvalue weighted by molar-refractivity contribution is 6.08. The van der Waals surface area contributed by atoms with Crippen molar-refractivity contribution in [3.63, 3.8) is 0 Å². The number of anilines is 2. The van der Waals surface area contributed by atoms with Gasteiger partial charge in [-0.15, -0.1) is 0 Å². The fourth-order valence-corrected chi connectivity index (χ4v) is 1.73. The van der Waals surface area contributed by atoms with Crippen molar-refractivity contribution >= 4 is 23.3 Å². The zero-order valence-electron chi connectivity index (χ0n) is 8.48. The average Bonchev–Trinajstić information content (AvgIpc) is 2.40. The van der Waals surface area contributed by atoms with Gasteiger partial charge < -0.3 is 10.8 Å². The zero-order chi connectivity index (χ0) is 12.8. The van der Waals surface area contributed by atoms with Crippen molar-refractivity contribution in [2.45, 2.75) is 5.92 Å². The van der Waals surface area contributed by atoms with Crippen LogP contribution in [0.1, 0.15) is 5.56 Å². The molecule has 0 aromatic heterocycles. The number of rotatable bonds is 2. The molecule has 0 saturated heterocycles. The Kier molecular flexibility index (Phi) is 2.27. The van der Waals surface area contributed by atoms with Gasteiger partial charge in [0.1, 0.15) is 6.54 Å². The summed E-state index contributed by atoms with van der Waals surface area (Å²) in [4.78, 5) is 22.5. The fraction of sp³-hybridized carbons (Fsp3) is 0.200. The van der Waals surface area contributed by atoms with Gasteiger partial charge in [0, 0.05) is 5.69 Å². The Morgan fingerprint density at radius 3 is 2.71 bits per heavy atom. The van der Waals surface area contributed by atoms with Crippen molar-refractivity contribution in [3.8, 4) is 0 Å². The molecule has 17 heavy (non-hydrogen) atoms. The van der Waals surface area contributed by atoms with Gasteiger partial charge >= 0.3 is 17.8 Å². The van der Waals surface area contributed by atoms with Gasteiger partial charge in [0.25, 0.3) is 0 Å². The summed E-state index contributed by atoms with van der Waals surface area (Å²) in [6.07, 6.45) is 0. The first-order valence-electron chi connectivity index (χ1n) is 4.65. The third-order valence-corrected chi connectivity index (χ3v) is 2.46. The first-order chi connectivity index (χ1) is 7.84. The predicted molar refractivity (Wildman–Crippen MR) is 54.7 cm³/mol. The van der Waals surface area contributed by atoms with Crippen molar-refractivity contribution in [1.82, 2.24) is 0 Å². The molecule has 3 N–H and O–H groups in total. The smallest absolute Gasteiger partial charge is 0.352 e. The van der Waals surface area contributed by atoms with Crippen LogP contribution in [0.3, 0.4) is 0 Å². The summed E-state index contributed by atoms with van der Waals surface area (Å²) in [5.74, 6) is -6.63. The first kappa shape index (κ1) is 11.3. The second kappa shape index (κ2) is 3.41. The van der Waals surface area contributed by atoms with Crippen molar-refractivity contribution in [1.29, 1.82) is 0 Å². The Morgan fingerprint density at radius 1 is 1.47 bits per heavy atom. The topological polar surface area (TPSA) is 83.6 Å². The number of carboxylic acids is 1. The van der Waals surface area contributed by atoms with Gasteiger partial charge in [-0.25, -0.2) is 0 Å². The third kappa shape index (κ3) is 1.59. The minimum atomic E-state index is -3.72. The van der Waals surface area contributed by atoms with Crippen LogP contribution in [0.15, 0.2) is 18.2 Å². The number of nitrogens with two attached hydrogens (primary N) is 1. The molecule has 1 heterocycles. The molecule has 0 fully saturated rings. The molecule has 0 unspecified atom stereocenters. The third-order valence-electron chi connectivity index (χ3n) is 2.46. The molecule has 90 valence electrons. The lowest BCUT2D eigenvalue weighted by molar-refractivity contribution is -0.144. The molecule has 0 atom stereocenters. The van der Waals surface area contributed by atoms with Crippen molar-refractivity contribution < 1.29 is 23.5 Å². The molecule has 1 aromatic rings. The number of hydrogen-bond acceptors (Lipinski definition) is 3. The van der Waals surface area contributed by atoms with E-state index >= 15 is 0 Å². The molecule has 0 spiro atoms. The van der Waals surface area contributed by atoms with Crippen molar-refractivity contribution in [3.05, 3.63) is 23.8 Å². The van der Waals surface area contributed by atoms with Gasteiger partial charge in [-0.3, -0.25) is 14.5 Å². The number of fused-ring (bicyclic) bond motifs is 1. The number of nitrogens with zero attached hydrogens (tertiary/aromatic N) is 1. The standard InChI is InChI=1S/C10H8F2N2O3/c11-10(12)6-3-5(13)1-2-7(6)14(9(10)17)4-8(15)16/h1-3H,4,13H2,(H,15,16). The highest BCUT2D eigenvalue weighted by Crippen LogP contribution is 2.44. The van der Waals surface area contributed by atoms with E-state index in [0.29, 0.717) is 4.90 Å². The second-order valence-corrected chi connectivity index (χ2v) is 3.64. The van der Waals surface area contributed by atoms with Gasteiger partial charge in [-0.05, 0) is 18.2 Å². The molecular weight excluding hydrogens is 234 g/mol. The molecule has 1 aliphatic rings. The Morgan fingerprint density at radius 2 is 2.12 bits per heavy atom. The fourth-order valence-electron chi connectivity index (χ4n) is 1.73. The molecule has 7 heteroatoms. The van der Waals surface area contributed by atoms with Gasteiger partial charge in [0.05, 0.1) is 11.3 Å². The lowest BCUT2D eigenvalue weighted by atomic mass is 10.1. The molecule has 1 amide bonds. The van der Waals surface area contributed by atoms with Crippen LogP contribution in [0, 0.1) is 0 Å². The molecule has 0 aliphatic carbocycles. The highest BCUT2D eigenvalue weighted by atomic mass is 19.3. The van der Waals surface area contributed by atoms with Crippen LogP contribution < -0.4 is 10.6 Å². The molecule has 1 aliphatic heterocycles. The molecule has 0 saturated carbocycles. The molecule has 2 rings (SSSR count). The molecular formula is C10H8F2N2O3. The van der Waals surface area contributed by atoms with Crippen LogP contribution in [0.4, 0.5) is 20.2 Å². The van der Waals surface area contributed by atoms with Crippen LogP contribution in [-0.4, -0.2) is 23.5 Å². The maximum absolute atomic E-state index is 13.6. The van der Waals surface area contributed by atoms with E-state index in [1.807, 2.05) is 0 Å². The summed E-state index contributed by atoms with van der Waals surface area (Å²) < 4.78 is 27.1. The SMILES string of the molecule is Nc1ccc2c(c1)C(F)(F)C(=O)N2CC(=O)O. The highest BCUT2D eigenvalue weighted by Gasteiger charge is 2.53. The summed E-state index contributed by atoms with van der Waals surface area (Å²) in [7, 11) is 0. The maximum atomic E-state index is 13.6. The Balaban J connectivity index is 2.55.